The van der Waals surface area contributed by atoms with Crippen LogP contribution in [-0.2, 0) is 0 Å². The summed E-state index contributed by atoms with van der Waals surface area (Å²) in [6.07, 6.45) is 0.896. The molecule has 1 N–H and O–H groups in total. The number of benzene rings is 1. The summed E-state index contributed by atoms with van der Waals surface area (Å²) in [5.74, 6) is 0.395. The molecule has 0 bridgehead atoms. The number of hydrogen-bond donors (Lipinski definition) is 1. The molecule has 1 aromatic heterocycles. The number of aryl methyl sites for hydroxylation is 1. The lowest BCUT2D eigenvalue weighted by Gasteiger charge is -2.03. The van der Waals surface area contributed by atoms with Gasteiger partial charge in [-0.1, -0.05) is 38.1 Å². The number of nitrogens with one attached hydrogen (secondary N) is 1. The van der Waals surface area contributed by atoms with E-state index in [0.29, 0.717) is 11.6 Å². The quantitative estimate of drug-likeness (QED) is 0.792. The van der Waals surface area contributed by atoms with Gasteiger partial charge in [0.1, 0.15) is 0 Å². The van der Waals surface area contributed by atoms with Crippen molar-refractivity contribution >= 4 is 6.29 Å². The average molecular weight is 227 g/mol. The molecular weight excluding hydrogens is 210 g/mol. The summed E-state index contributed by atoms with van der Waals surface area (Å²) in [6, 6.07) is 10.2. The van der Waals surface area contributed by atoms with Crippen molar-refractivity contribution in [1.29, 1.82) is 0 Å². The summed E-state index contributed by atoms with van der Waals surface area (Å²) in [7, 11) is 0. The third-order valence-electron chi connectivity index (χ3n) is 3.04. The Morgan fingerprint density at radius 3 is 2.47 bits per heavy atom. The highest BCUT2D eigenvalue weighted by molar-refractivity contribution is 5.87. The van der Waals surface area contributed by atoms with Gasteiger partial charge in [-0.15, -0.1) is 0 Å². The molecule has 0 aliphatic rings. The van der Waals surface area contributed by atoms with E-state index in [2.05, 4.69) is 44.0 Å². The van der Waals surface area contributed by atoms with E-state index in [1.54, 1.807) is 0 Å². The van der Waals surface area contributed by atoms with Crippen LogP contribution >= 0.6 is 0 Å². The Bertz CT molecular complexity index is 538. The van der Waals surface area contributed by atoms with Crippen molar-refractivity contribution < 1.29 is 4.79 Å². The standard InChI is InChI=1S/C15H17NO/c1-10(2)14-8-13(15(9-17)16-14)12-7-5-4-6-11(12)3/h4-10,16H,1-3H3. The summed E-state index contributed by atoms with van der Waals surface area (Å²) in [6.45, 7) is 6.29. The Balaban J connectivity index is 2.59. The Morgan fingerprint density at radius 1 is 1.18 bits per heavy atom. The second kappa shape index (κ2) is 4.58. The maximum Gasteiger partial charge on any atom is 0.166 e. The van der Waals surface area contributed by atoms with Crippen molar-refractivity contribution in [1.82, 2.24) is 4.98 Å². The topological polar surface area (TPSA) is 32.9 Å². The largest absolute Gasteiger partial charge is 0.356 e. The maximum absolute atomic E-state index is 11.1. The molecule has 0 radical (unpaired) electrons. The van der Waals surface area contributed by atoms with E-state index in [0.717, 1.165) is 23.1 Å². The fraction of sp³-hybridized carbons (Fsp3) is 0.267. The molecule has 2 aromatic rings. The first-order chi connectivity index (χ1) is 8.13. The van der Waals surface area contributed by atoms with Crippen LogP contribution < -0.4 is 0 Å². The first kappa shape index (κ1) is 11.6. The molecule has 88 valence electrons. The average Bonchev–Trinajstić information content (AvgIpc) is 2.73. The number of carbonyl (C=O) groups excluding carboxylic acids is 1. The number of H-pyrrole nitrogens is 1. The molecule has 0 amide bonds. The molecule has 2 rings (SSSR count). The predicted molar refractivity (Wildman–Crippen MR) is 70.4 cm³/mol. The summed E-state index contributed by atoms with van der Waals surface area (Å²) in [5.41, 5.74) is 5.08. The van der Waals surface area contributed by atoms with Gasteiger partial charge in [-0.25, -0.2) is 0 Å². The van der Waals surface area contributed by atoms with Crippen LogP contribution in [0, 0.1) is 6.92 Å². The lowest BCUT2D eigenvalue weighted by atomic mass is 10.00. The molecule has 0 saturated carbocycles. The first-order valence-electron chi connectivity index (χ1n) is 5.87. The summed E-state index contributed by atoms with van der Waals surface area (Å²) < 4.78 is 0. The minimum absolute atomic E-state index is 0.395. The highest BCUT2D eigenvalue weighted by Crippen LogP contribution is 2.29. The van der Waals surface area contributed by atoms with Crippen LogP contribution in [0.15, 0.2) is 30.3 Å². The Hall–Kier alpha value is -1.83. The number of carbonyl (C=O) groups is 1. The lowest BCUT2D eigenvalue weighted by Crippen LogP contribution is -1.88. The van der Waals surface area contributed by atoms with E-state index < -0.39 is 0 Å². The van der Waals surface area contributed by atoms with E-state index in [1.165, 1.54) is 5.56 Å². The maximum atomic E-state index is 11.1. The van der Waals surface area contributed by atoms with Gasteiger partial charge in [0.05, 0.1) is 5.69 Å². The van der Waals surface area contributed by atoms with E-state index in [1.807, 2.05) is 12.1 Å². The predicted octanol–water partition coefficient (Wildman–Crippen LogP) is 3.93. The van der Waals surface area contributed by atoms with Gasteiger partial charge in [-0.05, 0) is 30.0 Å². The minimum atomic E-state index is 0.395. The molecule has 0 fully saturated rings. The molecule has 0 aliphatic heterocycles. The summed E-state index contributed by atoms with van der Waals surface area (Å²) >= 11 is 0. The van der Waals surface area contributed by atoms with Crippen LogP contribution in [0.5, 0.6) is 0 Å². The molecule has 17 heavy (non-hydrogen) atoms. The smallest absolute Gasteiger partial charge is 0.166 e. The zero-order valence-corrected chi connectivity index (χ0v) is 10.4. The molecule has 0 unspecified atom stereocenters. The molecular formula is C15H17NO. The van der Waals surface area contributed by atoms with E-state index >= 15 is 0 Å². The number of aldehydes is 1. The SMILES string of the molecule is Cc1ccccc1-c1cc(C(C)C)[nH]c1C=O. The van der Waals surface area contributed by atoms with Crippen molar-refractivity contribution in [2.75, 3.05) is 0 Å². The number of aromatic amines is 1. The van der Waals surface area contributed by atoms with Crippen LogP contribution in [0.3, 0.4) is 0 Å². The number of rotatable bonds is 3. The zero-order valence-electron chi connectivity index (χ0n) is 10.4. The van der Waals surface area contributed by atoms with E-state index in [-0.39, 0.29) is 0 Å². The van der Waals surface area contributed by atoms with Crippen LogP contribution in [-0.4, -0.2) is 11.3 Å². The fourth-order valence-corrected chi connectivity index (χ4v) is 1.99. The van der Waals surface area contributed by atoms with Crippen molar-refractivity contribution in [3.05, 3.63) is 47.3 Å². The van der Waals surface area contributed by atoms with Gasteiger partial charge >= 0.3 is 0 Å². The minimum Gasteiger partial charge on any atom is -0.356 e. The van der Waals surface area contributed by atoms with Crippen LogP contribution in [0.1, 0.15) is 41.5 Å². The molecule has 0 aliphatic carbocycles. The molecule has 0 spiro atoms. The molecule has 0 saturated heterocycles. The number of hydrogen-bond acceptors (Lipinski definition) is 1. The first-order valence-corrected chi connectivity index (χ1v) is 5.87. The fourth-order valence-electron chi connectivity index (χ4n) is 1.99. The highest BCUT2D eigenvalue weighted by atomic mass is 16.1. The second-order valence-electron chi connectivity index (χ2n) is 4.64. The van der Waals surface area contributed by atoms with Crippen molar-refractivity contribution in [2.45, 2.75) is 26.7 Å². The van der Waals surface area contributed by atoms with Crippen molar-refractivity contribution in [3.63, 3.8) is 0 Å². The third-order valence-corrected chi connectivity index (χ3v) is 3.04. The monoisotopic (exact) mass is 227 g/mol. The highest BCUT2D eigenvalue weighted by Gasteiger charge is 2.12. The van der Waals surface area contributed by atoms with Gasteiger partial charge in [0, 0.05) is 11.3 Å². The summed E-state index contributed by atoms with van der Waals surface area (Å²) in [5, 5.41) is 0. The van der Waals surface area contributed by atoms with Gasteiger partial charge in [-0.3, -0.25) is 4.79 Å². The Labute approximate surface area is 102 Å². The van der Waals surface area contributed by atoms with Crippen molar-refractivity contribution in [2.24, 2.45) is 0 Å². The van der Waals surface area contributed by atoms with E-state index in [4.69, 9.17) is 0 Å². The van der Waals surface area contributed by atoms with Crippen LogP contribution in [0.4, 0.5) is 0 Å². The molecule has 1 aromatic carbocycles. The molecule has 2 nitrogen and oxygen atoms in total. The second-order valence-corrected chi connectivity index (χ2v) is 4.64. The van der Waals surface area contributed by atoms with Gasteiger partial charge in [0.2, 0.25) is 0 Å². The Morgan fingerprint density at radius 2 is 1.88 bits per heavy atom. The van der Waals surface area contributed by atoms with Crippen LogP contribution in [0.2, 0.25) is 0 Å². The molecule has 1 heterocycles. The van der Waals surface area contributed by atoms with Gasteiger partial charge in [0.15, 0.2) is 6.29 Å². The summed E-state index contributed by atoms with van der Waals surface area (Å²) in [4.78, 5) is 14.3. The van der Waals surface area contributed by atoms with Gasteiger partial charge < -0.3 is 4.98 Å². The normalized spacial score (nSPS) is 10.8. The number of aromatic nitrogens is 1. The zero-order chi connectivity index (χ0) is 12.4. The Kier molecular flexibility index (Phi) is 3.14. The van der Waals surface area contributed by atoms with Crippen LogP contribution in [0.25, 0.3) is 11.1 Å². The molecule has 2 heteroatoms. The lowest BCUT2D eigenvalue weighted by molar-refractivity contribution is 0.112. The van der Waals surface area contributed by atoms with E-state index in [9.17, 15) is 4.79 Å². The third kappa shape index (κ3) is 2.16. The molecule has 0 atom stereocenters. The van der Waals surface area contributed by atoms with Crippen molar-refractivity contribution in [3.8, 4) is 11.1 Å². The van der Waals surface area contributed by atoms with Gasteiger partial charge in [0.25, 0.3) is 0 Å². The van der Waals surface area contributed by atoms with Gasteiger partial charge in [-0.2, -0.15) is 0 Å².